The summed E-state index contributed by atoms with van der Waals surface area (Å²) >= 11 is 0. The van der Waals surface area contributed by atoms with Crippen LogP contribution in [0.25, 0.3) is 0 Å². The highest BCUT2D eigenvalue weighted by molar-refractivity contribution is 5.93. The number of anilines is 2. The maximum absolute atomic E-state index is 13.1. The van der Waals surface area contributed by atoms with Crippen molar-refractivity contribution in [1.29, 1.82) is 0 Å². The molecule has 0 saturated carbocycles. The Bertz CT molecular complexity index is 933. The number of aryl methyl sites for hydroxylation is 2. The molecule has 2 aromatic rings. The van der Waals surface area contributed by atoms with E-state index in [2.05, 4.69) is 15.3 Å². The summed E-state index contributed by atoms with van der Waals surface area (Å²) in [4.78, 5) is 14.4. The molecule has 0 bridgehead atoms. The van der Waals surface area contributed by atoms with Gasteiger partial charge in [0.2, 0.25) is 5.91 Å². The van der Waals surface area contributed by atoms with Crippen LogP contribution in [-0.4, -0.2) is 22.2 Å². The Hall–Kier alpha value is -2.51. The molecule has 1 aliphatic rings. The van der Waals surface area contributed by atoms with Crippen molar-refractivity contribution in [1.82, 2.24) is 9.78 Å². The van der Waals surface area contributed by atoms with Gasteiger partial charge in [0.25, 0.3) is 0 Å². The maximum atomic E-state index is 13.1. The molecule has 1 aromatic heterocycles. The van der Waals surface area contributed by atoms with E-state index in [1.165, 1.54) is 4.68 Å². The zero-order valence-corrected chi connectivity index (χ0v) is 18.3. The Kier molecular flexibility index (Phi) is 5.64. The van der Waals surface area contributed by atoms with Crippen LogP contribution in [0.4, 0.5) is 24.5 Å². The maximum Gasteiger partial charge on any atom is 0.435 e. The van der Waals surface area contributed by atoms with Gasteiger partial charge in [0.05, 0.1) is 18.3 Å². The van der Waals surface area contributed by atoms with E-state index in [4.69, 9.17) is 0 Å². The van der Waals surface area contributed by atoms with Crippen molar-refractivity contribution in [2.24, 2.45) is 5.41 Å². The summed E-state index contributed by atoms with van der Waals surface area (Å²) in [6, 6.07) is 4.85. The number of carbonyl (C=O) groups is 1. The molecule has 2 heterocycles. The molecule has 1 aromatic carbocycles. The zero-order chi connectivity index (χ0) is 22.4. The molecule has 0 saturated heterocycles. The summed E-state index contributed by atoms with van der Waals surface area (Å²) in [5, 5.41) is 6.74. The number of aromatic nitrogens is 2. The molecular weight excluding hydrogens is 393 g/mol. The Balaban J connectivity index is 1.85. The average Bonchev–Trinajstić information content (AvgIpc) is 3.02. The lowest BCUT2D eigenvalue weighted by molar-refractivity contribution is -0.141. The van der Waals surface area contributed by atoms with Crippen LogP contribution in [0.5, 0.6) is 0 Å². The van der Waals surface area contributed by atoms with Crippen LogP contribution in [0.3, 0.4) is 0 Å². The second kappa shape index (κ2) is 7.63. The largest absolute Gasteiger partial charge is 0.435 e. The molecule has 1 amide bonds. The number of fused-ring (bicyclic) bond motifs is 1. The van der Waals surface area contributed by atoms with E-state index < -0.39 is 11.9 Å². The predicted molar refractivity (Wildman–Crippen MR) is 112 cm³/mol. The molecule has 0 unspecified atom stereocenters. The topological polar surface area (TPSA) is 50.2 Å². The fraction of sp³-hybridized carbons (Fsp3) is 0.545. The highest BCUT2D eigenvalue weighted by Gasteiger charge is 2.37. The second-order valence-electron chi connectivity index (χ2n) is 9.28. The van der Waals surface area contributed by atoms with E-state index >= 15 is 0 Å². The SMILES string of the molecule is Cc1cc(N2CCn3nc(C(F)(F)F)cc3[C@@H]2C)cc(C)c1NC(=O)CC(C)(C)C. The summed E-state index contributed by atoms with van der Waals surface area (Å²) in [6.07, 6.45) is -4.03. The van der Waals surface area contributed by atoms with E-state index in [1.807, 2.05) is 53.7 Å². The van der Waals surface area contributed by atoms with Gasteiger partial charge in [-0.05, 0) is 55.5 Å². The van der Waals surface area contributed by atoms with Crippen LogP contribution in [-0.2, 0) is 17.5 Å². The van der Waals surface area contributed by atoms with Crippen molar-refractivity contribution >= 4 is 17.3 Å². The van der Waals surface area contributed by atoms with Crippen LogP contribution in [0.2, 0.25) is 0 Å². The van der Waals surface area contributed by atoms with E-state index in [-0.39, 0.29) is 17.4 Å². The van der Waals surface area contributed by atoms with Crippen molar-refractivity contribution in [3.05, 3.63) is 40.7 Å². The monoisotopic (exact) mass is 422 g/mol. The summed E-state index contributed by atoms with van der Waals surface area (Å²) in [5.41, 5.74) is 3.16. The number of nitrogens with zero attached hydrogens (tertiary/aromatic N) is 3. The molecule has 8 heteroatoms. The molecule has 1 aliphatic heterocycles. The minimum atomic E-state index is -4.45. The molecule has 0 radical (unpaired) electrons. The van der Waals surface area contributed by atoms with Crippen LogP contribution in [0, 0.1) is 19.3 Å². The molecule has 3 rings (SSSR count). The molecule has 30 heavy (non-hydrogen) atoms. The standard InChI is InChI=1S/C22H29F3N4O/c1-13-9-16(10-14(2)20(13)26-19(30)12-21(4,5)6)28-7-8-29-17(15(28)3)11-18(27-29)22(23,24)25/h9-11,15H,7-8,12H2,1-6H3,(H,26,30)/t15-/m0/s1. The number of alkyl halides is 3. The third kappa shape index (κ3) is 4.63. The number of carbonyl (C=O) groups excluding carboxylic acids is 1. The second-order valence-corrected chi connectivity index (χ2v) is 9.28. The molecule has 0 spiro atoms. The highest BCUT2D eigenvalue weighted by Crippen LogP contribution is 2.37. The third-order valence-electron chi connectivity index (χ3n) is 5.35. The molecule has 0 aliphatic carbocycles. The van der Waals surface area contributed by atoms with Crippen molar-refractivity contribution in [2.45, 2.75) is 66.7 Å². The third-order valence-corrected chi connectivity index (χ3v) is 5.35. The van der Waals surface area contributed by atoms with Crippen molar-refractivity contribution in [3.63, 3.8) is 0 Å². The number of rotatable bonds is 3. The van der Waals surface area contributed by atoms with E-state index in [0.717, 1.165) is 28.6 Å². The molecule has 0 fully saturated rings. The van der Waals surface area contributed by atoms with Crippen LogP contribution in [0.15, 0.2) is 18.2 Å². The van der Waals surface area contributed by atoms with Gasteiger partial charge in [-0.25, -0.2) is 0 Å². The Morgan fingerprint density at radius 3 is 2.27 bits per heavy atom. The van der Waals surface area contributed by atoms with Gasteiger partial charge in [0, 0.05) is 24.3 Å². The molecule has 5 nitrogen and oxygen atoms in total. The number of amides is 1. The number of hydrogen-bond donors (Lipinski definition) is 1. The first-order valence-electron chi connectivity index (χ1n) is 10.1. The fourth-order valence-electron chi connectivity index (χ4n) is 3.96. The van der Waals surface area contributed by atoms with E-state index in [0.29, 0.717) is 25.2 Å². The minimum Gasteiger partial charge on any atom is -0.361 e. The number of halogens is 3. The van der Waals surface area contributed by atoms with Crippen LogP contribution < -0.4 is 10.2 Å². The minimum absolute atomic E-state index is 0.0311. The summed E-state index contributed by atoms with van der Waals surface area (Å²) in [7, 11) is 0. The van der Waals surface area contributed by atoms with Crippen molar-refractivity contribution in [3.8, 4) is 0 Å². The summed E-state index contributed by atoms with van der Waals surface area (Å²) in [5.74, 6) is -0.0311. The zero-order valence-electron chi connectivity index (χ0n) is 18.3. The lowest BCUT2D eigenvalue weighted by atomic mass is 9.92. The normalized spacial score (nSPS) is 17.1. The van der Waals surface area contributed by atoms with E-state index in [1.54, 1.807) is 0 Å². The summed E-state index contributed by atoms with van der Waals surface area (Å²) in [6.45, 7) is 12.7. The number of hydrogen-bond acceptors (Lipinski definition) is 3. The number of nitrogens with one attached hydrogen (secondary N) is 1. The van der Waals surface area contributed by atoms with E-state index in [9.17, 15) is 18.0 Å². The Morgan fingerprint density at radius 1 is 1.13 bits per heavy atom. The molecular formula is C22H29F3N4O. The van der Waals surface area contributed by atoms with Gasteiger partial charge in [-0.3, -0.25) is 9.48 Å². The highest BCUT2D eigenvalue weighted by atomic mass is 19.4. The first-order valence-corrected chi connectivity index (χ1v) is 10.1. The van der Waals surface area contributed by atoms with Gasteiger partial charge in [-0.15, -0.1) is 0 Å². The van der Waals surface area contributed by atoms with Gasteiger partial charge in [0.15, 0.2) is 5.69 Å². The first kappa shape index (κ1) is 22.2. The Labute approximate surface area is 175 Å². The van der Waals surface area contributed by atoms with Crippen molar-refractivity contribution < 1.29 is 18.0 Å². The Morgan fingerprint density at radius 2 is 1.73 bits per heavy atom. The average molecular weight is 422 g/mol. The van der Waals surface area contributed by atoms with Crippen molar-refractivity contribution in [2.75, 3.05) is 16.8 Å². The quantitative estimate of drug-likeness (QED) is 0.713. The molecule has 1 N–H and O–H groups in total. The van der Waals surface area contributed by atoms with Gasteiger partial charge >= 0.3 is 6.18 Å². The number of benzene rings is 1. The first-order chi connectivity index (χ1) is 13.8. The molecule has 164 valence electrons. The lowest BCUT2D eigenvalue weighted by Crippen LogP contribution is -2.37. The van der Waals surface area contributed by atoms with Crippen LogP contribution >= 0.6 is 0 Å². The lowest BCUT2D eigenvalue weighted by Gasteiger charge is -2.36. The van der Waals surface area contributed by atoms with Gasteiger partial charge in [-0.2, -0.15) is 18.3 Å². The summed E-state index contributed by atoms with van der Waals surface area (Å²) < 4.78 is 40.6. The molecule has 1 atom stereocenters. The van der Waals surface area contributed by atoms with Crippen LogP contribution in [0.1, 0.15) is 62.7 Å². The fourth-order valence-corrected chi connectivity index (χ4v) is 3.96. The predicted octanol–water partition coefficient (Wildman–Crippen LogP) is 5.47. The smallest absolute Gasteiger partial charge is 0.361 e. The van der Waals surface area contributed by atoms with Gasteiger partial charge in [0.1, 0.15) is 0 Å². The van der Waals surface area contributed by atoms with Gasteiger partial charge in [-0.1, -0.05) is 20.8 Å². The van der Waals surface area contributed by atoms with Gasteiger partial charge < -0.3 is 10.2 Å².